The van der Waals surface area contributed by atoms with Gasteiger partial charge in [0.2, 0.25) is 0 Å². The molecule has 2 heterocycles. The number of esters is 3. The van der Waals surface area contributed by atoms with Crippen LogP contribution in [0.15, 0.2) is 69.6 Å². The quantitative estimate of drug-likeness (QED) is 0.385. The third-order valence-electron chi connectivity index (χ3n) is 5.34. The lowest BCUT2D eigenvalue weighted by molar-refractivity contribution is -0.136. The van der Waals surface area contributed by atoms with Crippen LogP contribution in [0.1, 0.15) is 37.9 Å². The van der Waals surface area contributed by atoms with Gasteiger partial charge < -0.3 is 14.2 Å². The number of carbonyl (C=O) groups excluding carboxylic acids is 3. The number of carbonyl (C=O) groups is 3. The number of hydrogen-bond donors (Lipinski definition) is 0. The smallest absolute Gasteiger partial charge is 0.338 e. The van der Waals surface area contributed by atoms with E-state index in [1.807, 2.05) is 0 Å². The number of hydrogen-bond acceptors (Lipinski definition) is 9. The summed E-state index contributed by atoms with van der Waals surface area (Å²) < 4.78 is 17.2. The maximum atomic E-state index is 13.6. The van der Waals surface area contributed by atoms with E-state index in [4.69, 9.17) is 14.2 Å². The summed E-state index contributed by atoms with van der Waals surface area (Å²) in [6, 6.07) is 12.6. The Labute approximate surface area is 209 Å². The number of benzene rings is 2. The molecule has 0 aliphatic carbocycles. The molecule has 1 atom stereocenters. The minimum Gasteiger partial charge on any atom is -0.466 e. The summed E-state index contributed by atoms with van der Waals surface area (Å²) in [7, 11) is 1.26. The van der Waals surface area contributed by atoms with Crippen molar-refractivity contribution in [1.29, 1.82) is 0 Å². The molecule has 0 saturated carbocycles. The predicted octanol–water partition coefficient (Wildman–Crippen LogP) is 2.26. The van der Waals surface area contributed by atoms with Crippen LogP contribution < -0.4 is 24.4 Å². The van der Waals surface area contributed by atoms with Crippen molar-refractivity contribution < 1.29 is 28.6 Å². The fourth-order valence-corrected chi connectivity index (χ4v) is 4.92. The summed E-state index contributed by atoms with van der Waals surface area (Å²) in [6.07, 6.45) is 1.63. The van der Waals surface area contributed by atoms with Gasteiger partial charge in [-0.3, -0.25) is 19.0 Å². The Hall–Kier alpha value is -4.31. The van der Waals surface area contributed by atoms with Crippen molar-refractivity contribution in [2.45, 2.75) is 26.8 Å². The molecule has 0 bridgehead atoms. The van der Waals surface area contributed by atoms with Crippen molar-refractivity contribution in [2.75, 3.05) is 7.11 Å². The zero-order valence-electron chi connectivity index (χ0n) is 19.9. The molecule has 0 unspecified atom stereocenters. The van der Waals surface area contributed by atoms with Gasteiger partial charge >= 0.3 is 17.9 Å². The van der Waals surface area contributed by atoms with Crippen molar-refractivity contribution in [2.24, 2.45) is 4.99 Å². The van der Waals surface area contributed by atoms with E-state index < -0.39 is 23.9 Å². The predicted molar refractivity (Wildman–Crippen MR) is 131 cm³/mol. The lowest BCUT2D eigenvalue weighted by atomic mass is 9.96. The van der Waals surface area contributed by atoms with Crippen molar-refractivity contribution in [3.63, 3.8) is 0 Å². The van der Waals surface area contributed by atoms with Gasteiger partial charge in [-0.1, -0.05) is 41.7 Å². The second kappa shape index (κ2) is 10.1. The van der Waals surface area contributed by atoms with Crippen molar-refractivity contribution in [3.05, 3.63) is 90.6 Å². The molecule has 1 aliphatic rings. The molecule has 0 fully saturated rings. The first-order chi connectivity index (χ1) is 17.2. The molecule has 1 aromatic heterocycles. The molecule has 4 rings (SSSR count). The Morgan fingerprint density at radius 2 is 1.67 bits per heavy atom. The van der Waals surface area contributed by atoms with Gasteiger partial charge in [0, 0.05) is 19.4 Å². The van der Waals surface area contributed by atoms with E-state index >= 15 is 0 Å². The Morgan fingerprint density at radius 3 is 2.31 bits per heavy atom. The highest BCUT2D eigenvalue weighted by molar-refractivity contribution is 7.07. The summed E-state index contributed by atoms with van der Waals surface area (Å²) in [5, 5.41) is 0. The first kappa shape index (κ1) is 24.8. The second-order valence-corrected chi connectivity index (χ2v) is 8.88. The van der Waals surface area contributed by atoms with Gasteiger partial charge in [-0.2, -0.15) is 0 Å². The Kier molecular flexibility index (Phi) is 6.98. The fourth-order valence-electron chi connectivity index (χ4n) is 3.88. The molecular formula is C26H22N2O7S. The molecule has 1 aliphatic heterocycles. The monoisotopic (exact) mass is 506 g/mol. The summed E-state index contributed by atoms with van der Waals surface area (Å²) >= 11 is 1.15. The largest absolute Gasteiger partial charge is 0.466 e. The molecule has 9 nitrogen and oxygen atoms in total. The van der Waals surface area contributed by atoms with E-state index in [0.717, 1.165) is 11.3 Å². The van der Waals surface area contributed by atoms with E-state index in [-0.39, 0.29) is 11.1 Å². The van der Waals surface area contributed by atoms with Crippen LogP contribution in [0.2, 0.25) is 0 Å². The number of allylic oxidation sites excluding steroid dienone is 1. The molecule has 184 valence electrons. The van der Waals surface area contributed by atoms with Crippen LogP contribution in [0.4, 0.5) is 0 Å². The van der Waals surface area contributed by atoms with Crippen LogP contribution in [0.3, 0.4) is 0 Å². The zero-order valence-corrected chi connectivity index (χ0v) is 20.8. The summed E-state index contributed by atoms with van der Waals surface area (Å²) in [5.74, 6) is -0.899. The van der Waals surface area contributed by atoms with Gasteiger partial charge in [-0.05, 0) is 36.8 Å². The van der Waals surface area contributed by atoms with Crippen molar-refractivity contribution >= 4 is 35.3 Å². The third kappa shape index (κ3) is 4.89. The minimum atomic E-state index is -0.814. The average molecular weight is 507 g/mol. The topological polar surface area (TPSA) is 113 Å². The van der Waals surface area contributed by atoms with Crippen LogP contribution in [-0.4, -0.2) is 29.6 Å². The normalized spacial score (nSPS) is 15.1. The Bertz CT molecular complexity index is 1580. The van der Waals surface area contributed by atoms with Crippen molar-refractivity contribution in [3.8, 4) is 11.5 Å². The van der Waals surface area contributed by atoms with Gasteiger partial charge in [0.15, 0.2) is 4.80 Å². The van der Waals surface area contributed by atoms with E-state index in [1.165, 1.54) is 25.5 Å². The van der Waals surface area contributed by atoms with Crippen LogP contribution in [0.25, 0.3) is 6.08 Å². The van der Waals surface area contributed by atoms with Crippen molar-refractivity contribution in [1.82, 2.24) is 4.57 Å². The molecule has 0 amide bonds. The standard InChI is InChI=1S/C26H22N2O7S/c1-14-22(25(32)33-4)23(17-9-11-19(12-10-17)34-15(2)29)28-24(31)21(36-26(28)27-14)13-18-7-5-6-8-20(18)35-16(3)30/h5-13,23H,1-4H3/b21-13-/t23-/m1/s1. The highest BCUT2D eigenvalue weighted by Crippen LogP contribution is 2.31. The van der Waals surface area contributed by atoms with E-state index in [2.05, 4.69) is 4.99 Å². The van der Waals surface area contributed by atoms with Gasteiger partial charge in [0.1, 0.15) is 11.5 Å². The molecule has 36 heavy (non-hydrogen) atoms. The van der Waals surface area contributed by atoms with Gasteiger partial charge in [-0.25, -0.2) is 9.79 Å². The molecule has 0 N–H and O–H groups in total. The molecule has 3 aromatic rings. The minimum absolute atomic E-state index is 0.219. The number of methoxy groups -OCH3 is 1. The number of aromatic nitrogens is 1. The maximum Gasteiger partial charge on any atom is 0.338 e. The first-order valence-electron chi connectivity index (χ1n) is 10.9. The van der Waals surface area contributed by atoms with E-state index in [0.29, 0.717) is 37.7 Å². The molecule has 0 radical (unpaired) electrons. The highest BCUT2D eigenvalue weighted by Gasteiger charge is 2.33. The molecule has 0 saturated heterocycles. The van der Waals surface area contributed by atoms with Crippen LogP contribution >= 0.6 is 11.3 Å². The van der Waals surface area contributed by atoms with Gasteiger partial charge in [0.25, 0.3) is 5.56 Å². The van der Waals surface area contributed by atoms with E-state index in [1.54, 1.807) is 61.5 Å². The van der Waals surface area contributed by atoms with E-state index in [9.17, 15) is 19.2 Å². The fraction of sp³-hybridized carbons (Fsp3) is 0.192. The molecule has 10 heteroatoms. The lowest BCUT2D eigenvalue weighted by Gasteiger charge is -2.24. The van der Waals surface area contributed by atoms with Gasteiger partial charge in [0.05, 0.1) is 29.0 Å². The summed E-state index contributed by atoms with van der Waals surface area (Å²) in [4.78, 5) is 54.1. The van der Waals surface area contributed by atoms with Crippen LogP contribution in [0, 0.1) is 0 Å². The third-order valence-corrected chi connectivity index (χ3v) is 6.33. The maximum absolute atomic E-state index is 13.6. The zero-order chi connectivity index (χ0) is 26.0. The number of ether oxygens (including phenoxy) is 3. The number of nitrogens with zero attached hydrogens (tertiary/aromatic N) is 2. The Balaban J connectivity index is 1.91. The van der Waals surface area contributed by atoms with Crippen LogP contribution in [0.5, 0.6) is 11.5 Å². The molecular weight excluding hydrogens is 484 g/mol. The molecule has 2 aromatic carbocycles. The van der Waals surface area contributed by atoms with Gasteiger partial charge in [-0.15, -0.1) is 0 Å². The number of thiazole rings is 1. The second-order valence-electron chi connectivity index (χ2n) is 7.87. The highest BCUT2D eigenvalue weighted by atomic mass is 32.1. The lowest BCUT2D eigenvalue weighted by Crippen LogP contribution is -2.39. The Morgan fingerprint density at radius 1 is 1.00 bits per heavy atom. The molecule has 0 spiro atoms. The number of rotatable bonds is 5. The first-order valence-corrected chi connectivity index (χ1v) is 11.7. The summed E-state index contributed by atoms with van der Waals surface area (Å²) in [6.45, 7) is 4.28. The SMILES string of the molecule is COC(=O)C1=C(C)N=c2s/c(=C\c3ccccc3OC(C)=O)c(=O)n2[C@@H]1c1ccc(OC(C)=O)cc1. The average Bonchev–Trinajstić information content (AvgIpc) is 3.13. The summed E-state index contributed by atoms with van der Waals surface area (Å²) in [5.41, 5.74) is 1.41. The van der Waals surface area contributed by atoms with Crippen LogP contribution in [-0.2, 0) is 19.1 Å². The number of para-hydroxylation sites is 1. The number of fused-ring (bicyclic) bond motifs is 1.